The second-order valence-electron chi connectivity index (χ2n) is 14.8. The zero-order chi connectivity index (χ0) is 38.5. The fraction of sp³-hybridized carbons (Fsp3) is 0.487. The number of nitrogens with zero attached hydrogens (tertiary/aromatic N) is 2. The van der Waals surface area contributed by atoms with Crippen LogP contribution in [0.2, 0.25) is 5.02 Å². The van der Waals surface area contributed by atoms with Gasteiger partial charge < -0.3 is 20.1 Å². The molecule has 2 amide bonds. The van der Waals surface area contributed by atoms with Crippen molar-refractivity contribution in [2.45, 2.75) is 87.9 Å². The number of carbonyl (C=O) groups excluding carboxylic acids is 2. The van der Waals surface area contributed by atoms with Gasteiger partial charge in [-0.2, -0.15) is 4.31 Å². The van der Waals surface area contributed by atoms with Gasteiger partial charge in [0.05, 0.1) is 12.0 Å². The van der Waals surface area contributed by atoms with E-state index >= 15 is 4.39 Å². The van der Waals surface area contributed by atoms with Crippen molar-refractivity contribution in [1.82, 2.24) is 14.5 Å². The number of nitrogens with one attached hydrogen (secondary N) is 2. The first kappa shape index (κ1) is 40.6. The molecule has 10 nitrogen and oxygen atoms in total. The molecule has 0 aliphatic carbocycles. The van der Waals surface area contributed by atoms with E-state index in [9.17, 15) is 22.4 Å². The third-order valence-corrected chi connectivity index (χ3v) is 12.6. The highest BCUT2D eigenvalue weighted by Crippen LogP contribution is 2.37. The van der Waals surface area contributed by atoms with E-state index in [0.717, 1.165) is 17.7 Å². The van der Waals surface area contributed by atoms with Gasteiger partial charge in [0.1, 0.15) is 17.7 Å². The minimum absolute atomic E-state index is 0.0253. The van der Waals surface area contributed by atoms with Crippen LogP contribution in [0.1, 0.15) is 64.0 Å². The molecule has 2 fully saturated rings. The summed E-state index contributed by atoms with van der Waals surface area (Å²) in [6.07, 6.45) is 0.804. The molecule has 2 aliphatic rings. The van der Waals surface area contributed by atoms with Crippen LogP contribution in [0.5, 0.6) is 0 Å². The fourth-order valence-corrected chi connectivity index (χ4v) is 9.50. The van der Waals surface area contributed by atoms with Crippen molar-refractivity contribution in [3.63, 3.8) is 0 Å². The molecule has 3 aromatic carbocycles. The molecule has 0 saturated carbocycles. The van der Waals surface area contributed by atoms with Gasteiger partial charge in [-0.15, -0.1) is 0 Å². The number of methoxy groups -OCH3 is 1. The second kappa shape index (κ2) is 17.2. The van der Waals surface area contributed by atoms with Crippen molar-refractivity contribution in [2.75, 3.05) is 38.7 Å². The lowest BCUT2D eigenvalue weighted by atomic mass is 9.76. The van der Waals surface area contributed by atoms with Gasteiger partial charge in [-0.3, -0.25) is 9.69 Å². The van der Waals surface area contributed by atoms with E-state index in [1.165, 1.54) is 35.7 Å². The van der Waals surface area contributed by atoms with E-state index in [1.54, 1.807) is 18.2 Å². The van der Waals surface area contributed by atoms with Crippen molar-refractivity contribution in [1.29, 1.82) is 0 Å². The zero-order valence-corrected chi connectivity index (χ0v) is 32.4. The number of piperazine rings is 1. The number of hydrogen-bond donors (Lipinski definition) is 2. The molecule has 53 heavy (non-hydrogen) atoms. The summed E-state index contributed by atoms with van der Waals surface area (Å²) in [6, 6.07) is 14.1. The summed E-state index contributed by atoms with van der Waals surface area (Å²) in [5.74, 6) is -2.22. The monoisotopic (exact) mass is 774 g/mol. The number of anilines is 1. The van der Waals surface area contributed by atoms with E-state index in [2.05, 4.69) is 36.3 Å². The predicted molar refractivity (Wildman–Crippen MR) is 200 cm³/mol. The predicted octanol–water partition coefficient (Wildman–Crippen LogP) is 6.99. The van der Waals surface area contributed by atoms with Crippen LogP contribution in [0.4, 0.5) is 19.3 Å². The highest BCUT2D eigenvalue weighted by atomic mass is 35.5. The van der Waals surface area contributed by atoms with Crippen LogP contribution in [0.25, 0.3) is 0 Å². The fourth-order valence-electron chi connectivity index (χ4n) is 7.55. The van der Waals surface area contributed by atoms with E-state index in [0.29, 0.717) is 44.2 Å². The summed E-state index contributed by atoms with van der Waals surface area (Å²) >= 11 is 6.21. The van der Waals surface area contributed by atoms with E-state index in [4.69, 9.17) is 21.1 Å². The Hall–Kier alpha value is -3.62. The molecular formula is C39H49ClF2N4O6S. The first-order valence-electron chi connectivity index (χ1n) is 17.9. The van der Waals surface area contributed by atoms with E-state index in [-0.39, 0.29) is 40.4 Å². The Bertz CT molecular complexity index is 1840. The van der Waals surface area contributed by atoms with Gasteiger partial charge >= 0.3 is 6.09 Å². The molecular weight excluding hydrogens is 726 g/mol. The van der Waals surface area contributed by atoms with E-state index in [1.807, 2.05) is 19.1 Å². The third kappa shape index (κ3) is 9.74. The second-order valence-corrected chi connectivity index (χ2v) is 17.1. The van der Waals surface area contributed by atoms with Crippen molar-refractivity contribution < 1.29 is 36.3 Å². The van der Waals surface area contributed by atoms with Crippen molar-refractivity contribution in [3.05, 3.63) is 94.5 Å². The van der Waals surface area contributed by atoms with Gasteiger partial charge in [0, 0.05) is 66.1 Å². The molecule has 4 unspecified atom stereocenters. The largest absolute Gasteiger partial charge is 0.453 e. The quantitative estimate of drug-likeness (QED) is 0.216. The lowest BCUT2D eigenvalue weighted by Gasteiger charge is -2.49. The minimum Gasteiger partial charge on any atom is -0.453 e. The summed E-state index contributed by atoms with van der Waals surface area (Å²) in [5.41, 5.74) is 0.918. The molecule has 0 radical (unpaired) electrons. The zero-order valence-electron chi connectivity index (χ0n) is 30.8. The van der Waals surface area contributed by atoms with Crippen LogP contribution in [0.3, 0.4) is 0 Å². The maximum absolute atomic E-state index is 15.8. The minimum atomic E-state index is -4.06. The Kier molecular flexibility index (Phi) is 13.2. The number of alkyl carbamates (subject to hydrolysis) is 1. The maximum Gasteiger partial charge on any atom is 0.407 e. The SMILES string of the molecule is COC(=O)NC(C(=O)Nc1cccc(F)c1CCC1CN(C(C)(C)C)CC(C)N1S(=O)(=O)c1ccc(F)cc1)C(c1ccc(Cl)cc1)C1CCOCC1. The molecule has 4 atom stereocenters. The van der Waals surface area contributed by atoms with Crippen LogP contribution < -0.4 is 10.6 Å². The van der Waals surface area contributed by atoms with Gasteiger partial charge in [0.15, 0.2) is 0 Å². The first-order valence-corrected chi connectivity index (χ1v) is 19.7. The van der Waals surface area contributed by atoms with E-state index < -0.39 is 57.7 Å². The van der Waals surface area contributed by atoms with Gasteiger partial charge in [0.2, 0.25) is 15.9 Å². The number of hydrogen-bond acceptors (Lipinski definition) is 7. The van der Waals surface area contributed by atoms with Gasteiger partial charge in [-0.1, -0.05) is 29.8 Å². The Labute approximate surface area is 316 Å². The molecule has 14 heteroatoms. The summed E-state index contributed by atoms with van der Waals surface area (Å²) in [7, 11) is -2.84. The molecule has 0 bridgehead atoms. The van der Waals surface area contributed by atoms with Crippen LogP contribution in [-0.4, -0.2) is 86.7 Å². The lowest BCUT2D eigenvalue weighted by Crippen LogP contribution is -2.63. The Morgan fingerprint density at radius 2 is 1.66 bits per heavy atom. The lowest BCUT2D eigenvalue weighted by molar-refractivity contribution is -0.119. The standard InChI is InChI=1S/C39H49ClF2N4O6S/c1-25-23-45(39(2,3)4)24-30(46(25)53(49,50)31-16-13-29(41)14-17-31)15-18-32-33(42)7-6-8-34(32)43-37(47)36(44-38(48)51-5)35(27-19-21-52-22-20-27)26-9-11-28(40)12-10-26/h6-14,16-17,25,27,30,35-36H,15,18-24H2,1-5H3,(H,43,47)(H,44,48). The Morgan fingerprint density at radius 3 is 2.28 bits per heavy atom. The number of ether oxygens (including phenoxy) is 2. The van der Waals surface area contributed by atoms with Gasteiger partial charge in [-0.25, -0.2) is 22.0 Å². The van der Waals surface area contributed by atoms with Crippen molar-refractivity contribution in [3.8, 4) is 0 Å². The number of benzene rings is 3. The third-order valence-electron chi connectivity index (χ3n) is 10.3. The Balaban J connectivity index is 1.46. The molecule has 0 aromatic heterocycles. The number of sulfonamides is 1. The van der Waals surface area contributed by atoms with Crippen molar-refractivity contribution >= 4 is 39.3 Å². The first-order chi connectivity index (χ1) is 25.1. The average Bonchev–Trinajstić information content (AvgIpc) is 3.11. The van der Waals surface area contributed by atoms with Crippen molar-refractivity contribution in [2.24, 2.45) is 5.92 Å². The highest BCUT2D eigenvalue weighted by molar-refractivity contribution is 7.89. The summed E-state index contributed by atoms with van der Waals surface area (Å²) < 4.78 is 69.7. The summed E-state index contributed by atoms with van der Waals surface area (Å²) in [5, 5.41) is 6.16. The molecule has 2 heterocycles. The molecule has 2 saturated heterocycles. The number of amides is 2. The van der Waals surface area contributed by atoms with Crippen LogP contribution in [0.15, 0.2) is 71.6 Å². The summed E-state index contributed by atoms with van der Waals surface area (Å²) in [6.45, 7) is 9.85. The molecule has 2 aliphatic heterocycles. The maximum atomic E-state index is 15.8. The Morgan fingerprint density at radius 1 is 1.00 bits per heavy atom. The molecule has 0 spiro atoms. The molecule has 5 rings (SSSR count). The number of rotatable bonds is 11. The molecule has 2 N–H and O–H groups in total. The normalized spacial score (nSPS) is 20.4. The van der Waals surface area contributed by atoms with Crippen LogP contribution >= 0.6 is 11.6 Å². The highest BCUT2D eigenvalue weighted by Gasteiger charge is 2.43. The smallest absolute Gasteiger partial charge is 0.407 e. The van der Waals surface area contributed by atoms with Gasteiger partial charge in [-0.05, 0) is 113 Å². The topological polar surface area (TPSA) is 117 Å². The summed E-state index contributed by atoms with van der Waals surface area (Å²) in [4.78, 5) is 29.2. The van der Waals surface area contributed by atoms with Crippen LogP contribution in [-0.2, 0) is 30.7 Å². The molecule has 288 valence electrons. The number of halogens is 3. The van der Waals surface area contributed by atoms with Crippen LogP contribution in [0, 0.1) is 17.6 Å². The average molecular weight is 775 g/mol. The number of carbonyl (C=O) groups is 2. The van der Waals surface area contributed by atoms with Gasteiger partial charge in [0.25, 0.3) is 0 Å². The molecule has 3 aromatic rings.